The van der Waals surface area contributed by atoms with Crippen molar-refractivity contribution in [3.63, 3.8) is 0 Å². The lowest BCUT2D eigenvalue weighted by Gasteiger charge is -2.22. The smallest absolute Gasteiger partial charge is 0.391 e. The summed E-state index contributed by atoms with van der Waals surface area (Å²) in [6.45, 7) is -2.65. The third-order valence-corrected chi connectivity index (χ3v) is 5.89. The molecule has 3 rings (SSSR count). The topological polar surface area (TPSA) is 132 Å². The number of alkyl halides is 5. The van der Waals surface area contributed by atoms with Crippen molar-refractivity contribution < 1.29 is 50.0 Å². The number of halogens is 8. The van der Waals surface area contributed by atoms with Gasteiger partial charge in [-0.2, -0.15) is 27.0 Å². The van der Waals surface area contributed by atoms with Gasteiger partial charge in [-0.15, -0.1) is 0 Å². The number of benzene rings is 3. The minimum absolute atomic E-state index is 0.0485. The van der Waals surface area contributed by atoms with Crippen LogP contribution < -0.4 is 16.8 Å². The Balaban J connectivity index is 1.81. The van der Waals surface area contributed by atoms with Gasteiger partial charge >= 0.3 is 12.1 Å². The van der Waals surface area contributed by atoms with Crippen LogP contribution in [0, 0.1) is 11.6 Å². The number of oxime groups is 1. The van der Waals surface area contributed by atoms with Crippen molar-refractivity contribution >= 4 is 45.9 Å². The van der Waals surface area contributed by atoms with Crippen LogP contribution in [0.4, 0.5) is 36.4 Å². The number of fused-ring (bicyclic) bond motifs is 1. The van der Waals surface area contributed by atoms with Crippen LogP contribution in [0.25, 0.3) is 10.8 Å². The Morgan fingerprint density at radius 3 is 2.29 bits per heavy atom. The normalized spacial score (nSPS) is 11.6. The van der Waals surface area contributed by atoms with Gasteiger partial charge in [0.15, 0.2) is 5.82 Å². The maximum atomic E-state index is 15.3. The number of nitrogens with zero attached hydrogens (tertiary/aromatic N) is 2. The first-order chi connectivity index (χ1) is 19.6. The summed E-state index contributed by atoms with van der Waals surface area (Å²) >= 11 is 5.98. The first-order valence-corrected chi connectivity index (χ1v) is 12.1. The molecular weight excluding hydrogens is 603 g/mol. The highest BCUT2D eigenvalue weighted by Crippen LogP contribution is 2.36. The van der Waals surface area contributed by atoms with E-state index in [9.17, 15) is 27.2 Å². The van der Waals surface area contributed by atoms with Gasteiger partial charge in [-0.1, -0.05) is 35.9 Å². The fourth-order valence-corrected chi connectivity index (χ4v) is 3.85. The molecule has 5 N–H and O–H groups in total. The monoisotopic (exact) mass is 623 g/mol. The number of amides is 1. The van der Waals surface area contributed by atoms with Gasteiger partial charge in [0.25, 0.3) is 11.8 Å². The van der Waals surface area contributed by atoms with Crippen molar-refractivity contribution in [1.82, 2.24) is 5.06 Å². The van der Waals surface area contributed by atoms with Gasteiger partial charge < -0.3 is 26.5 Å². The van der Waals surface area contributed by atoms with Crippen molar-refractivity contribution in [2.75, 3.05) is 25.0 Å². The fraction of sp³-hybridized carbons (Fsp3) is 0.240. The molecule has 0 aliphatic heterocycles. The summed E-state index contributed by atoms with van der Waals surface area (Å²) in [7, 11) is 0. The van der Waals surface area contributed by atoms with E-state index in [1.54, 1.807) is 0 Å². The Labute approximate surface area is 237 Å². The van der Waals surface area contributed by atoms with E-state index in [0.717, 1.165) is 24.3 Å². The van der Waals surface area contributed by atoms with E-state index in [2.05, 4.69) is 20.1 Å². The van der Waals surface area contributed by atoms with Crippen molar-refractivity contribution in [3.05, 3.63) is 76.3 Å². The van der Waals surface area contributed by atoms with E-state index < -0.39 is 84.5 Å². The van der Waals surface area contributed by atoms with Gasteiger partial charge in [-0.3, -0.25) is 4.79 Å². The summed E-state index contributed by atoms with van der Waals surface area (Å²) in [6, 6.07) is 9.35. The standard InChI is InChI=1S/C25H21ClF7N5O4/c26-17-6-8-19(36-12-24(29,30)16-5-7-18(27)14-4-2-1-3-13(14)16)21(28)15(17)11-20(39)38(9-10-41-37-23(34)35)42-22(40)25(31,32)33/h1-8,36H,9-12H2,(H4,34,35,37). The lowest BCUT2D eigenvalue weighted by atomic mass is 9.99. The highest BCUT2D eigenvalue weighted by Gasteiger charge is 2.43. The Kier molecular flexibility index (Phi) is 9.93. The van der Waals surface area contributed by atoms with E-state index in [0.29, 0.717) is 0 Å². The average molecular weight is 624 g/mol. The average Bonchev–Trinajstić information content (AvgIpc) is 2.91. The first-order valence-electron chi connectivity index (χ1n) is 11.7. The highest BCUT2D eigenvalue weighted by atomic mass is 35.5. The van der Waals surface area contributed by atoms with Gasteiger partial charge in [0.1, 0.15) is 12.4 Å². The van der Waals surface area contributed by atoms with Crippen molar-refractivity contribution in [1.29, 1.82) is 0 Å². The molecule has 1 amide bonds. The van der Waals surface area contributed by atoms with Crippen molar-refractivity contribution in [3.8, 4) is 0 Å². The molecule has 0 aromatic heterocycles. The minimum Gasteiger partial charge on any atom is -0.391 e. The van der Waals surface area contributed by atoms with Gasteiger partial charge in [0.2, 0.25) is 5.96 Å². The van der Waals surface area contributed by atoms with Crippen LogP contribution in [-0.2, 0) is 31.6 Å². The van der Waals surface area contributed by atoms with Crippen molar-refractivity contribution in [2.24, 2.45) is 16.6 Å². The van der Waals surface area contributed by atoms with E-state index in [1.165, 1.54) is 24.3 Å². The van der Waals surface area contributed by atoms with Gasteiger partial charge in [0.05, 0.1) is 25.2 Å². The Morgan fingerprint density at radius 1 is 0.976 bits per heavy atom. The van der Waals surface area contributed by atoms with Gasteiger partial charge in [-0.05, 0) is 34.8 Å². The molecule has 0 atom stereocenters. The number of carbonyl (C=O) groups is 2. The minimum atomic E-state index is -5.49. The molecule has 0 aliphatic carbocycles. The summed E-state index contributed by atoms with van der Waals surface area (Å²) < 4.78 is 97.9. The lowest BCUT2D eigenvalue weighted by Crippen LogP contribution is -2.41. The Hall–Kier alpha value is -4.47. The summed E-state index contributed by atoms with van der Waals surface area (Å²) in [5.41, 5.74) is 8.38. The largest absolute Gasteiger partial charge is 0.493 e. The zero-order chi connectivity index (χ0) is 31.2. The lowest BCUT2D eigenvalue weighted by molar-refractivity contribution is -0.238. The number of guanidine groups is 1. The number of hydroxylamine groups is 2. The van der Waals surface area contributed by atoms with E-state index in [4.69, 9.17) is 23.1 Å². The van der Waals surface area contributed by atoms with Crippen LogP contribution in [0.1, 0.15) is 11.1 Å². The third kappa shape index (κ3) is 7.84. The second-order valence-corrected chi connectivity index (χ2v) is 8.89. The number of anilines is 1. The maximum Gasteiger partial charge on any atom is 0.493 e. The Morgan fingerprint density at radius 2 is 1.64 bits per heavy atom. The molecule has 3 aromatic rings. The number of nitrogens with one attached hydrogen (secondary N) is 1. The molecule has 9 nitrogen and oxygen atoms in total. The highest BCUT2D eigenvalue weighted by molar-refractivity contribution is 6.31. The first kappa shape index (κ1) is 32.0. The van der Waals surface area contributed by atoms with Crippen LogP contribution in [0.2, 0.25) is 5.02 Å². The second-order valence-electron chi connectivity index (χ2n) is 8.48. The molecule has 0 unspecified atom stereocenters. The molecule has 0 bridgehead atoms. The molecule has 0 heterocycles. The molecular formula is C25H21ClF7N5O4. The van der Waals surface area contributed by atoms with Gasteiger partial charge in [0, 0.05) is 21.5 Å². The Bertz CT molecular complexity index is 1500. The molecule has 226 valence electrons. The summed E-state index contributed by atoms with van der Waals surface area (Å²) in [4.78, 5) is 32.7. The summed E-state index contributed by atoms with van der Waals surface area (Å²) in [6.07, 6.45) is -6.56. The number of hydrogen-bond acceptors (Lipinski definition) is 6. The zero-order valence-electron chi connectivity index (χ0n) is 21.2. The van der Waals surface area contributed by atoms with E-state index in [1.807, 2.05) is 0 Å². The summed E-state index contributed by atoms with van der Waals surface area (Å²) in [5, 5.41) is 4.73. The van der Waals surface area contributed by atoms with Crippen LogP contribution >= 0.6 is 11.6 Å². The molecule has 3 aromatic carbocycles. The molecule has 0 fully saturated rings. The molecule has 42 heavy (non-hydrogen) atoms. The number of hydrogen-bond donors (Lipinski definition) is 3. The molecule has 0 aliphatic rings. The predicted octanol–water partition coefficient (Wildman–Crippen LogP) is 4.57. The van der Waals surface area contributed by atoms with E-state index >= 15 is 13.2 Å². The zero-order valence-corrected chi connectivity index (χ0v) is 21.9. The quantitative estimate of drug-likeness (QED) is 0.0991. The number of nitrogens with two attached hydrogens (primary N) is 2. The molecule has 0 spiro atoms. The third-order valence-electron chi connectivity index (χ3n) is 5.54. The van der Waals surface area contributed by atoms with E-state index in [-0.39, 0.29) is 20.9 Å². The maximum absolute atomic E-state index is 15.3. The van der Waals surface area contributed by atoms with Gasteiger partial charge in [-0.25, -0.2) is 13.6 Å². The van der Waals surface area contributed by atoms with Crippen LogP contribution in [0.5, 0.6) is 0 Å². The van der Waals surface area contributed by atoms with Crippen LogP contribution in [0.3, 0.4) is 0 Å². The molecule has 0 saturated heterocycles. The SMILES string of the molecule is NC(N)=NOCCN(OC(=O)C(F)(F)F)C(=O)Cc1c(Cl)ccc(NCC(F)(F)c2ccc(F)c3ccccc23)c1F. The molecule has 0 radical (unpaired) electrons. The van der Waals surface area contributed by atoms with Crippen LogP contribution in [-0.4, -0.2) is 48.8 Å². The van der Waals surface area contributed by atoms with Crippen LogP contribution in [0.15, 0.2) is 53.7 Å². The second kappa shape index (κ2) is 13.0. The number of rotatable bonds is 10. The molecule has 17 heteroatoms. The molecule has 0 saturated carbocycles. The fourth-order valence-electron chi connectivity index (χ4n) is 3.64. The summed E-state index contributed by atoms with van der Waals surface area (Å²) in [5.74, 6) is -10.4. The predicted molar refractivity (Wildman–Crippen MR) is 137 cm³/mol. The number of carbonyl (C=O) groups excluding carboxylic acids is 2. The van der Waals surface area contributed by atoms with Crippen molar-refractivity contribution in [2.45, 2.75) is 18.5 Å².